The van der Waals surface area contributed by atoms with Crippen molar-refractivity contribution in [2.24, 2.45) is 0 Å². The molecule has 1 aromatic carbocycles. The Balaban J connectivity index is 1.63. The molecule has 0 saturated heterocycles. The topological polar surface area (TPSA) is 61.2 Å². The van der Waals surface area contributed by atoms with Gasteiger partial charge in [-0.3, -0.25) is 4.79 Å². The van der Waals surface area contributed by atoms with Gasteiger partial charge in [-0.25, -0.2) is 9.48 Å². The van der Waals surface area contributed by atoms with Gasteiger partial charge in [0.15, 0.2) is 6.61 Å². The van der Waals surface area contributed by atoms with E-state index < -0.39 is 5.97 Å². The van der Waals surface area contributed by atoms with Gasteiger partial charge in [0.1, 0.15) is 0 Å². The molecule has 0 unspecified atom stereocenters. The van der Waals surface area contributed by atoms with Gasteiger partial charge in [-0.05, 0) is 65.3 Å². The van der Waals surface area contributed by atoms with E-state index in [4.69, 9.17) is 4.74 Å². The Hall–Kier alpha value is -2.25. The predicted octanol–water partition coefficient (Wildman–Crippen LogP) is 4.04. The first-order valence-corrected chi connectivity index (χ1v) is 8.72. The first-order chi connectivity index (χ1) is 11.5. The van der Waals surface area contributed by atoms with Gasteiger partial charge in [0.2, 0.25) is 5.78 Å². The lowest BCUT2D eigenvalue weighted by Gasteiger charge is -2.06. The monoisotopic (exact) mass is 404 g/mol. The highest BCUT2D eigenvalue weighted by Crippen LogP contribution is 2.22. The van der Waals surface area contributed by atoms with E-state index in [0.29, 0.717) is 10.4 Å². The molecule has 3 aromatic rings. The summed E-state index contributed by atoms with van der Waals surface area (Å²) in [4.78, 5) is 24.5. The average Bonchev–Trinajstić information content (AvgIpc) is 3.21. The fourth-order valence-corrected chi connectivity index (χ4v) is 3.44. The first-order valence-electron chi connectivity index (χ1n) is 7.11. The van der Waals surface area contributed by atoms with E-state index in [2.05, 4.69) is 21.0 Å². The van der Waals surface area contributed by atoms with Crippen LogP contribution in [0.15, 0.2) is 52.4 Å². The summed E-state index contributed by atoms with van der Waals surface area (Å²) in [6, 6.07) is 12.3. The molecule has 0 bridgehead atoms. The van der Waals surface area contributed by atoms with Crippen LogP contribution in [-0.4, -0.2) is 28.1 Å². The third kappa shape index (κ3) is 3.63. The van der Waals surface area contributed by atoms with Gasteiger partial charge in [-0.2, -0.15) is 5.10 Å². The van der Waals surface area contributed by atoms with Gasteiger partial charge < -0.3 is 4.74 Å². The second-order valence-electron chi connectivity index (χ2n) is 5.03. The molecule has 0 amide bonds. The van der Waals surface area contributed by atoms with Crippen LogP contribution in [-0.2, 0) is 4.74 Å². The molecular weight excluding hydrogens is 392 g/mol. The summed E-state index contributed by atoms with van der Waals surface area (Å²) in [5, 5.41) is 4.21. The number of thiophene rings is 1. The number of carbonyl (C=O) groups is 2. The number of esters is 1. The van der Waals surface area contributed by atoms with E-state index >= 15 is 0 Å². The van der Waals surface area contributed by atoms with Gasteiger partial charge >= 0.3 is 5.97 Å². The minimum atomic E-state index is -0.525. The maximum atomic E-state index is 12.0. The van der Waals surface area contributed by atoms with Crippen molar-refractivity contribution < 1.29 is 14.3 Å². The average molecular weight is 405 g/mol. The maximum Gasteiger partial charge on any atom is 0.338 e. The molecule has 5 nitrogen and oxygen atoms in total. The number of hydrogen-bond acceptors (Lipinski definition) is 5. The molecule has 0 spiro atoms. The highest BCUT2D eigenvalue weighted by Gasteiger charge is 2.13. The van der Waals surface area contributed by atoms with Crippen LogP contribution in [0.3, 0.4) is 0 Å². The van der Waals surface area contributed by atoms with Crippen LogP contribution in [0.2, 0.25) is 0 Å². The molecule has 2 heterocycles. The van der Waals surface area contributed by atoms with Crippen molar-refractivity contribution in [2.45, 2.75) is 6.92 Å². The Bertz CT molecular complexity index is 883. The molecule has 0 N–H and O–H groups in total. The number of nitrogens with zero attached hydrogens (tertiary/aromatic N) is 2. The molecule has 0 aliphatic heterocycles. The number of hydrogen-bond donors (Lipinski definition) is 0. The summed E-state index contributed by atoms with van der Waals surface area (Å²) in [6.07, 6.45) is 1.71. The SMILES string of the molecule is Cc1ccnn1-c1ccc(C(=O)OCC(=O)c2ccc(Br)s2)cc1. The molecule has 0 atom stereocenters. The van der Waals surface area contributed by atoms with Crippen LogP contribution in [0, 0.1) is 6.92 Å². The van der Waals surface area contributed by atoms with Crippen LogP contribution in [0.25, 0.3) is 5.69 Å². The standard InChI is InChI=1S/C17H13BrN2O3S/c1-11-8-9-19-20(11)13-4-2-12(3-5-13)17(22)23-10-14(21)15-6-7-16(18)24-15/h2-9H,10H2,1H3. The zero-order valence-electron chi connectivity index (χ0n) is 12.7. The van der Waals surface area contributed by atoms with Gasteiger partial charge in [0, 0.05) is 11.9 Å². The number of ether oxygens (including phenoxy) is 1. The van der Waals surface area contributed by atoms with Crippen LogP contribution < -0.4 is 0 Å². The Morgan fingerprint density at radius 3 is 2.50 bits per heavy atom. The lowest BCUT2D eigenvalue weighted by atomic mass is 10.2. The molecule has 2 aromatic heterocycles. The van der Waals surface area contributed by atoms with Crippen molar-refractivity contribution in [1.82, 2.24) is 9.78 Å². The fourth-order valence-electron chi connectivity index (χ4n) is 2.13. The largest absolute Gasteiger partial charge is 0.454 e. The number of ketones is 1. The summed E-state index contributed by atoms with van der Waals surface area (Å²) in [5.74, 6) is -0.745. The minimum absolute atomic E-state index is 0.220. The van der Waals surface area contributed by atoms with E-state index in [1.165, 1.54) is 11.3 Å². The van der Waals surface area contributed by atoms with E-state index in [9.17, 15) is 9.59 Å². The van der Waals surface area contributed by atoms with Crippen molar-refractivity contribution in [3.05, 3.63) is 68.6 Å². The number of benzene rings is 1. The van der Waals surface area contributed by atoms with Crippen LogP contribution in [0.4, 0.5) is 0 Å². The normalized spacial score (nSPS) is 10.6. The van der Waals surface area contributed by atoms with Crippen molar-refractivity contribution in [3.8, 4) is 5.69 Å². The van der Waals surface area contributed by atoms with Gasteiger partial charge in [-0.15, -0.1) is 11.3 Å². The first kappa shape index (κ1) is 16.6. The molecule has 0 aliphatic carbocycles. The summed E-state index contributed by atoms with van der Waals surface area (Å²) in [6.45, 7) is 1.68. The van der Waals surface area contributed by atoms with E-state index in [0.717, 1.165) is 15.2 Å². The van der Waals surface area contributed by atoms with E-state index in [-0.39, 0.29) is 12.4 Å². The summed E-state index contributed by atoms with van der Waals surface area (Å²) in [7, 11) is 0. The highest BCUT2D eigenvalue weighted by atomic mass is 79.9. The summed E-state index contributed by atoms with van der Waals surface area (Å²) < 4.78 is 7.72. The smallest absolute Gasteiger partial charge is 0.338 e. The zero-order valence-corrected chi connectivity index (χ0v) is 15.1. The lowest BCUT2D eigenvalue weighted by molar-refractivity contribution is 0.0476. The van der Waals surface area contributed by atoms with Gasteiger partial charge in [-0.1, -0.05) is 0 Å². The van der Waals surface area contributed by atoms with Gasteiger partial charge in [0.25, 0.3) is 0 Å². The van der Waals surface area contributed by atoms with Gasteiger partial charge in [0.05, 0.1) is 19.9 Å². The molecule has 0 saturated carbocycles. The summed E-state index contributed by atoms with van der Waals surface area (Å²) >= 11 is 4.61. The Labute approximate surface area is 151 Å². The quantitative estimate of drug-likeness (QED) is 0.475. The third-order valence-electron chi connectivity index (χ3n) is 3.36. The second kappa shape index (κ2) is 7.11. The second-order valence-corrected chi connectivity index (χ2v) is 7.50. The molecule has 122 valence electrons. The Morgan fingerprint density at radius 2 is 1.92 bits per heavy atom. The van der Waals surface area contributed by atoms with Crippen molar-refractivity contribution in [2.75, 3.05) is 6.61 Å². The van der Waals surface area contributed by atoms with Crippen LogP contribution in [0.1, 0.15) is 25.7 Å². The highest BCUT2D eigenvalue weighted by molar-refractivity contribution is 9.11. The van der Waals surface area contributed by atoms with Crippen LogP contribution >= 0.6 is 27.3 Å². The minimum Gasteiger partial charge on any atom is -0.454 e. The summed E-state index contributed by atoms with van der Waals surface area (Å²) in [5.41, 5.74) is 2.25. The lowest BCUT2D eigenvalue weighted by Crippen LogP contribution is -2.13. The molecule has 0 fully saturated rings. The number of aromatic nitrogens is 2. The fraction of sp³-hybridized carbons (Fsp3) is 0.118. The molecule has 7 heteroatoms. The molecule has 3 rings (SSSR count). The third-order valence-corrected chi connectivity index (χ3v) is 5.03. The predicted molar refractivity (Wildman–Crippen MR) is 94.9 cm³/mol. The Kier molecular flexibility index (Phi) is 4.92. The number of aryl methyl sites for hydroxylation is 1. The molecule has 0 aliphatic rings. The number of Topliss-reactive ketones (excluding diaryl/α,β-unsaturated/α-hetero) is 1. The number of halogens is 1. The number of rotatable bonds is 5. The Morgan fingerprint density at radius 1 is 1.17 bits per heavy atom. The van der Waals surface area contributed by atoms with E-state index in [1.807, 2.05) is 13.0 Å². The van der Waals surface area contributed by atoms with Crippen molar-refractivity contribution >= 4 is 39.0 Å². The van der Waals surface area contributed by atoms with Crippen molar-refractivity contribution in [3.63, 3.8) is 0 Å². The zero-order chi connectivity index (χ0) is 17.1. The van der Waals surface area contributed by atoms with E-state index in [1.54, 1.807) is 47.3 Å². The van der Waals surface area contributed by atoms with Crippen molar-refractivity contribution in [1.29, 1.82) is 0 Å². The maximum absolute atomic E-state index is 12.0. The molecule has 0 radical (unpaired) electrons. The molecule has 24 heavy (non-hydrogen) atoms. The number of carbonyl (C=O) groups excluding carboxylic acids is 2. The van der Waals surface area contributed by atoms with Crippen LogP contribution in [0.5, 0.6) is 0 Å². The molecular formula is C17H13BrN2O3S.